The van der Waals surface area contributed by atoms with Crippen molar-refractivity contribution in [3.8, 4) is 5.75 Å². The third kappa shape index (κ3) is 1.32. The van der Waals surface area contributed by atoms with Crippen LogP contribution in [-0.4, -0.2) is 10.1 Å². The van der Waals surface area contributed by atoms with Crippen LogP contribution in [-0.2, 0) is 5.54 Å². The van der Waals surface area contributed by atoms with Crippen molar-refractivity contribution < 1.29 is 5.11 Å². The highest BCUT2D eigenvalue weighted by molar-refractivity contribution is 5.86. The first-order valence-electron chi connectivity index (χ1n) is 5.79. The number of hydrogen-bond acceptors (Lipinski definition) is 2. The van der Waals surface area contributed by atoms with Crippen molar-refractivity contribution >= 4 is 10.9 Å². The summed E-state index contributed by atoms with van der Waals surface area (Å²) in [5, 5.41) is 10.6. The Morgan fingerprint density at radius 2 is 2.00 bits per heavy atom. The maximum Gasteiger partial charge on any atom is 0.124 e. The van der Waals surface area contributed by atoms with Gasteiger partial charge >= 0.3 is 0 Å². The van der Waals surface area contributed by atoms with Gasteiger partial charge in [0.15, 0.2) is 0 Å². The van der Waals surface area contributed by atoms with Gasteiger partial charge in [-0.2, -0.15) is 0 Å². The zero-order chi connectivity index (χ0) is 11.2. The van der Waals surface area contributed by atoms with E-state index in [4.69, 9.17) is 5.73 Å². The molecular formula is C13H16N2O. The van der Waals surface area contributed by atoms with Gasteiger partial charge in [0.05, 0.1) is 5.54 Å². The number of H-pyrrole nitrogens is 1. The van der Waals surface area contributed by atoms with Crippen LogP contribution in [0.4, 0.5) is 0 Å². The number of nitrogens with one attached hydrogen (secondary N) is 1. The zero-order valence-corrected chi connectivity index (χ0v) is 9.16. The van der Waals surface area contributed by atoms with Crippen LogP contribution in [0.25, 0.3) is 10.9 Å². The van der Waals surface area contributed by atoms with E-state index in [-0.39, 0.29) is 5.54 Å². The average molecular weight is 216 g/mol. The summed E-state index contributed by atoms with van der Waals surface area (Å²) in [6.07, 6.45) is 4.44. The molecule has 1 aromatic heterocycles. The van der Waals surface area contributed by atoms with Gasteiger partial charge in [0, 0.05) is 16.6 Å². The molecule has 0 atom stereocenters. The molecule has 3 rings (SSSR count). The monoisotopic (exact) mass is 216 g/mol. The van der Waals surface area contributed by atoms with Crippen LogP contribution in [0, 0.1) is 0 Å². The van der Waals surface area contributed by atoms with Crippen molar-refractivity contribution in [2.24, 2.45) is 5.73 Å². The van der Waals surface area contributed by atoms with Gasteiger partial charge in [-0.3, -0.25) is 0 Å². The molecule has 2 aromatic rings. The molecule has 0 aliphatic heterocycles. The molecule has 84 valence electrons. The Morgan fingerprint density at radius 1 is 1.25 bits per heavy atom. The second-order valence-electron chi connectivity index (χ2n) is 4.78. The van der Waals surface area contributed by atoms with Gasteiger partial charge in [-0.1, -0.05) is 18.9 Å². The average Bonchev–Trinajstić information content (AvgIpc) is 2.85. The van der Waals surface area contributed by atoms with Crippen molar-refractivity contribution in [2.45, 2.75) is 31.2 Å². The highest BCUT2D eigenvalue weighted by atomic mass is 16.3. The highest BCUT2D eigenvalue weighted by Crippen LogP contribution is 2.38. The van der Waals surface area contributed by atoms with E-state index < -0.39 is 0 Å². The van der Waals surface area contributed by atoms with Crippen LogP contribution in [0.3, 0.4) is 0 Å². The molecule has 0 bridgehead atoms. The molecule has 0 saturated heterocycles. The molecule has 0 unspecified atom stereocenters. The molecule has 1 fully saturated rings. The number of fused-ring (bicyclic) bond motifs is 1. The summed E-state index contributed by atoms with van der Waals surface area (Å²) >= 11 is 0. The summed E-state index contributed by atoms with van der Waals surface area (Å²) in [4.78, 5) is 3.33. The molecule has 0 amide bonds. The standard InChI is InChI=1S/C13H16N2O/c14-13(6-1-2-7-13)12-8-9-10(15-12)4-3-5-11(9)16/h3-5,8,15-16H,1-2,6-7,14H2. The lowest BCUT2D eigenvalue weighted by molar-refractivity contribution is 0.450. The predicted octanol–water partition coefficient (Wildman–Crippen LogP) is 2.60. The van der Waals surface area contributed by atoms with Gasteiger partial charge in [0.25, 0.3) is 0 Å². The van der Waals surface area contributed by atoms with E-state index >= 15 is 0 Å². The van der Waals surface area contributed by atoms with Crippen LogP contribution in [0.1, 0.15) is 31.4 Å². The van der Waals surface area contributed by atoms with Gasteiger partial charge < -0.3 is 15.8 Å². The second-order valence-corrected chi connectivity index (χ2v) is 4.78. The highest BCUT2D eigenvalue weighted by Gasteiger charge is 2.32. The number of aromatic nitrogens is 1. The van der Waals surface area contributed by atoms with Crippen LogP contribution in [0.15, 0.2) is 24.3 Å². The fourth-order valence-electron chi connectivity index (χ4n) is 2.68. The summed E-state index contributed by atoms with van der Waals surface area (Å²) in [5.74, 6) is 0.321. The minimum Gasteiger partial charge on any atom is -0.507 e. The van der Waals surface area contributed by atoms with Crippen molar-refractivity contribution in [3.63, 3.8) is 0 Å². The smallest absolute Gasteiger partial charge is 0.124 e. The molecule has 1 aromatic carbocycles. The Hall–Kier alpha value is -1.48. The van der Waals surface area contributed by atoms with Crippen molar-refractivity contribution in [1.29, 1.82) is 0 Å². The van der Waals surface area contributed by atoms with Crippen LogP contribution in [0.2, 0.25) is 0 Å². The minimum absolute atomic E-state index is 0.217. The number of phenolic OH excluding ortho intramolecular Hbond substituents is 1. The lowest BCUT2D eigenvalue weighted by atomic mass is 9.95. The minimum atomic E-state index is -0.217. The summed E-state index contributed by atoms with van der Waals surface area (Å²) in [6, 6.07) is 7.51. The fourth-order valence-corrected chi connectivity index (χ4v) is 2.68. The summed E-state index contributed by atoms with van der Waals surface area (Å²) < 4.78 is 0. The molecular weight excluding hydrogens is 200 g/mol. The van der Waals surface area contributed by atoms with E-state index in [1.165, 1.54) is 12.8 Å². The zero-order valence-electron chi connectivity index (χ0n) is 9.16. The quantitative estimate of drug-likeness (QED) is 0.686. The van der Waals surface area contributed by atoms with Crippen LogP contribution in [0.5, 0.6) is 5.75 Å². The first kappa shape index (κ1) is 9.73. The summed E-state index contributed by atoms with van der Waals surface area (Å²) in [5.41, 5.74) is 8.19. The summed E-state index contributed by atoms with van der Waals surface area (Å²) in [7, 11) is 0. The topological polar surface area (TPSA) is 62.0 Å². The van der Waals surface area contributed by atoms with Gasteiger partial charge in [0.1, 0.15) is 5.75 Å². The Bertz CT molecular complexity index is 524. The second kappa shape index (κ2) is 3.25. The molecule has 0 radical (unpaired) electrons. The van der Waals surface area contributed by atoms with E-state index in [1.54, 1.807) is 6.07 Å². The SMILES string of the molecule is NC1(c2cc3c(O)cccc3[nH]2)CCCC1. The molecule has 3 nitrogen and oxygen atoms in total. The Kier molecular flexibility index (Phi) is 1.98. The summed E-state index contributed by atoms with van der Waals surface area (Å²) in [6.45, 7) is 0. The number of hydrogen-bond donors (Lipinski definition) is 3. The van der Waals surface area contributed by atoms with E-state index in [1.807, 2.05) is 18.2 Å². The molecule has 1 aliphatic carbocycles. The van der Waals surface area contributed by atoms with E-state index in [0.29, 0.717) is 5.75 Å². The van der Waals surface area contributed by atoms with Gasteiger partial charge in [-0.25, -0.2) is 0 Å². The van der Waals surface area contributed by atoms with E-state index in [9.17, 15) is 5.11 Å². The first-order valence-corrected chi connectivity index (χ1v) is 5.79. The first-order chi connectivity index (χ1) is 7.69. The Balaban J connectivity index is 2.15. The predicted molar refractivity (Wildman–Crippen MR) is 64.3 cm³/mol. The lowest BCUT2D eigenvalue weighted by Gasteiger charge is -2.21. The molecule has 3 heteroatoms. The third-order valence-corrected chi connectivity index (χ3v) is 3.67. The van der Waals surface area contributed by atoms with Crippen molar-refractivity contribution in [2.75, 3.05) is 0 Å². The number of aromatic amines is 1. The number of nitrogens with two attached hydrogens (primary N) is 1. The third-order valence-electron chi connectivity index (χ3n) is 3.67. The van der Waals surface area contributed by atoms with E-state index in [2.05, 4.69) is 4.98 Å². The molecule has 1 heterocycles. The molecule has 0 spiro atoms. The number of phenols is 1. The number of aromatic hydroxyl groups is 1. The molecule has 1 saturated carbocycles. The molecule has 4 N–H and O–H groups in total. The molecule has 16 heavy (non-hydrogen) atoms. The number of benzene rings is 1. The number of rotatable bonds is 1. The van der Waals surface area contributed by atoms with E-state index in [0.717, 1.165) is 29.4 Å². The van der Waals surface area contributed by atoms with Crippen molar-refractivity contribution in [3.05, 3.63) is 30.0 Å². The largest absolute Gasteiger partial charge is 0.507 e. The fraction of sp³-hybridized carbons (Fsp3) is 0.385. The Labute approximate surface area is 94.3 Å². The molecule has 1 aliphatic rings. The van der Waals surface area contributed by atoms with Gasteiger partial charge in [-0.15, -0.1) is 0 Å². The van der Waals surface area contributed by atoms with Crippen LogP contribution < -0.4 is 5.73 Å². The maximum absolute atomic E-state index is 9.75. The Morgan fingerprint density at radius 3 is 2.69 bits per heavy atom. The van der Waals surface area contributed by atoms with Gasteiger partial charge in [-0.05, 0) is 31.0 Å². The van der Waals surface area contributed by atoms with Crippen molar-refractivity contribution in [1.82, 2.24) is 4.98 Å². The lowest BCUT2D eigenvalue weighted by Crippen LogP contribution is -2.33. The normalized spacial score (nSPS) is 19.3. The maximum atomic E-state index is 9.75. The van der Waals surface area contributed by atoms with Crippen LogP contribution >= 0.6 is 0 Å². The van der Waals surface area contributed by atoms with Gasteiger partial charge in [0.2, 0.25) is 0 Å².